The molecule has 0 aliphatic heterocycles. The van der Waals surface area contributed by atoms with E-state index in [9.17, 15) is 13.2 Å². The predicted octanol–water partition coefficient (Wildman–Crippen LogP) is 3.18. The fraction of sp³-hybridized carbons (Fsp3) is 0.150. The Morgan fingerprint density at radius 3 is 2.81 bits per heavy atom. The summed E-state index contributed by atoms with van der Waals surface area (Å²) in [6.45, 7) is 0. The first-order chi connectivity index (χ1) is 14.9. The molecule has 0 saturated heterocycles. The number of Topliss-reactive ketones (excluding diaryl/α,β-unsaturated/α-hetero) is 1. The van der Waals surface area contributed by atoms with Crippen molar-refractivity contribution in [3.05, 3.63) is 54.2 Å². The van der Waals surface area contributed by atoms with Gasteiger partial charge in [0.05, 0.1) is 16.2 Å². The van der Waals surface area contributed by atoms with Crippen LogP contribution in [0.15, 0.2) is 63.1 Å². The number of carbonyl (C=O) groups excluding carboxylic acids is 1. The Morgan fingerprint density at radius 1 is 1.19 bits per heavy atom. The molecule has 5 aromatic rings. The molecule has 3 aromatic heterocycles. The highest BCUT2D eigenvalue weighted by Crippen LogP contribution is 2.29. The molecular formula is C20H17N5O4S2. The Kier molecular flexibility index (Phi) is 4.61. The second kappa shape index (κ2) is 7.22. The van der Waals surface area contributed by atoms with Crippen molar-refractivity contribution in [2.45, 2.75) is 10.1 Å². The molecule has 0 aliphatic carbocycles. The van der Waals surface area contributed by atoms with Gasteiger partial charge in [-0.3, -0.25) is 4.79 Å². The number of sulfonamides is 1. The number of carbonyl (C=O) groups is 1. The number of nitrogens with zero attached hydrogens (tertiary/aromatic N) is 4. The highest BCUT2D eigenvalue weighted by Gasteiger charge is 2.22. The van der Waals surface area contributed by atoms with Crippen molar-refractivity contribution in [1.29, 1.82) is 0 Å². The summed E-state index contributed by atoms with van der Waals surface area (Å²) in [5, 5.41) is 9.44. The number of ketones is 1. The molecule has 3 heterocycles. The molecule has 158 valence electrons. The summed E-state index contributed by atoms with van der Waals surface area (Å²) in [4.78, 5) is 16.0. The number of hydrogen-bond donors (Lipinski definition) is 1. The van der Waals surface area contributed by atoms with E-state index in [1.54, 1.807) is 16.7 Å². The normalized spacial score (nSPS) is 12.5. The minimum absolute atomic E-state index is 0.0529. The van der Waals surface area contributed by atoms with E-state index in [4.69, 9.17) is 4.42 Å². The third-order valence-electron chi connectivity index (χ3n) is 4.98. The summed E-state index contributed by atoms with van der Waals surface area (Å²) in [5.74, 6) is 0.324. The first-order valence-corrected chi connectivity index (χ1v) is 11.7. The number of thioether (sulfide) groups is 1. The van der Waals surface area contributed by atoms with Gasteiger partial charge in [0.1, 0.15) is 0 Å². The number of benzene rings is 2. The van der Waals surface area contributed by atoms with Gasteiger partial charge in [-0.15, -0.1) is 5.10 Å². The van der Waals surface area contributed by atoms with Crippen LogP contribution in [0.5, 0.6) is 0 Å². The Labute approximate surface area is 181 Å². The average molecular weight is 456 g/mol. The van der Waals surface area contributed by atoms with Crippen molar-refractivity contribution >= 4 is 55.4 Å². The standard InChI is InChI=1S/C20H17N5O4S2/c1-24(2)31(27,28)12-7-8-18-16(9-12)25-19(29-18)22-23-20(25)30-11-17(26)14-10-21-15-6-4-3-5-13(14)15/h3-10,21H,11H2,1-2H3. The second-order valence-corrected chi connectivity index (χ2v) is 10.2. The van der Waals surface area contributed by atoms with Crippen molar-refractivity contribution in [2.24, 2.45) is 0 Å². The molecule has 11 heteroatoms. The number of para-hydroxylation sites is 1. The number of hydrogen-bond acceptors (Lipinski definition) is 7. The SMILES string of the molecule is CN(C)S(=O)(=O)c1ccc2oc3nnc(SCC(=O)c4c[nH]c5ccccc45)n3c2c1. The molecule has 0 amide bonds. The molecule has 0 aliphatic rings. The van der Waals surface area contributed by atoms with Gasteiger partial charge in [0, 0.05) is 36.8 Å². The van der Waals surface area contributed by atoms with Crippen LogP contribution in [0.25, 0.3) is 27.8 Å². The molecule has 0 unspecified atom stereocenters. The lowest BCUT2D eigenvalue weighted by Crippen LogP contribution is -2.22. The lowest BCUT2D eigenvalue weighted by molar-refractivity contribution is 0.102. The van der Waals surface area contributed by atoms with E-state index in [2.05, 4.69) is 15.2 Å². The van der Waals surface area contributed by atoms with Gasteiger partial charge in [0.2, 0.25) is 10.0 Å². The Morgan fingerprint density at radius 2 is 2.00 bits per heavy atom. The van der Waals surface area contributed by atoms with Crippen LogP contribution < -0.4 is 0 Å². The second-order valence-electron chi connectivity index (χ2n) is 7.08. The maximum Gasteiger partial charge on any atom is 0.328 e. The molecule has 0 atom stereocenters. The first-order valence-electron chi connectivity index (χ1n) is 9.28. The third kappa shape index (κ3) is 3.21. The number of nitrogens with one attached hydrogen (secondary N) is 1. The highest BCUT2D eigenvalue weighted by atomic mass is 32.2. The maximum absolute atomic E-state index is 12.8. The van der Waals surface area contributed by atoms with Crippen molar-refractivity contribution in [3.8, 4) is 0 Å². The molecule has 1 N–H and O–H groups in total. The number of fused-ring (bicyclic) bond motifs is 4. The molecule has 2 aromatic carbocycles. The van der Waals surface area contributed by atoms with E-state index in [1.165, 1.54) is 38.0 Å². The lowest BCUT2D eigenvalue weighted by atomic mass is 10.1. The van der Waals surface area contributed by atoms with Crippen LogP contribution in [-0.4, -0.2) is 57.9 Å². The predicted molar refractivity (Wildman–Crippen MR) is 117 cm³/mol. The van der Waals surface area contributed by atoms with Crippen LogP contribution in [0.4, 0.5) is 0 Å². The topological polar surface area (TPSA) is 114 Å². The van der Waals surface area contributed by atoms with Gasteiger partial charge < -0.3 is 9.40 Å². The van der Waals surface area contributed by atoms with Gasteiger partial charge in [0.25, 0.3) is 0 Å². The highest BCUT2D eigenvalue weighted by molar-refractivity contribution is 7.99. The van der Waals surface area contributed by atoms with E-state index in [0.29, 0.717) is 21.8 Å². The third-order valence-corrected chi connectivity index (χ3v) is 7.72. The van der Waals surface area contributed by atoms with Crippen molar-refractivity contribution in [3.63, 3.8) is 0 Å². The van der Waals surface area contributed by atoms with Gasteiger partial charge in [0.15, 0.2) is 16.5 Å². The molecular weight excluding hydrogens is 438 g/mol. The molecule has 0 fully saturated rings. The van der Waals surface area contributed by atoms with E-state index < -0.39 is 10.0 Å². The fourth-order valence-electron chi connectivity index (χ4n) is 3.36. The van der Waals surface area contributed by atoms with Crippen LogP contribution in [0.3, 0.4) is 0 Å². The monoisotopic (exact) mass is 455 g/mol. The van der Waals surface area contributed by atoms with Gasteiger partial charge in [-0.25, -0.2) is 17.1 Å². The number of oxazole rings is 1. The number of rotatable bonds is 6. The summed E-state index contributed by atoms with van der Waals surface area (Å²) in [7, 11) is -0.668. The molecule has 0 saturated carbocycles. The van der Waals surface area contributed by atoms with Crippen LogP contribution in [0.1, 0.15) is 10.4 Å². The van der Waals surface area contributed by atoms with Crippen molar-refractivity contribution in [2.75, 3.05) is 19.8 Å². The van der Waals surface area contributed by atoms with Gasteiger partial charge in [-0.05, 0) is 24.3 Å². The number of aromatic amines is 1. The Bertz CT molecular complexity index is 1560. The molecule has 9 nitrogen and oxygen atoms in total. The van der Waals surface area contributed by atoms with Crippen molar-refractivity contribution < 1.29 is 17.6 Å². The minimum Gasteiger partial charge on any atom is -0.422 e. The van der Waals surface area contributed by atoms with E-state index in [0.717, 1.165) is 15.2 Å². The fourth-order valence-corrected chi connectivity index (χ4v) is 5.10. The zero-order valence-corrected chi connectivity index (χ0v) is 18.2. The lowest BCUT2D eigenvalue weighted by Gasteiger charge is -2.10. The van der Waals surface area contributed by atoms with Gasteiger partial charge >= 0.3 is 5.84 Å². The van der Waals surface area contributed by atoms with Crippen LogP contribution >= 0.6 is 11.8 Å². The zero-order chi connectivity index (χ0) is 21.8. The van der Waals surface area contributed by atoms with Gasteiger partial charge in [-0.1, -0.05) is 35.1 Å². The van der Waals surface area contributed by atoms with Crippen LogP contribution in [-0.2, 0) is 10.0 Å². The van der Waals surface area contributed by atoms with E-state index in [1.807, 2.05) is 24.3 Å². The quantitative estimate of drug-likeness (QED) is 0.309. The summed E-state index contributed by atoms with van der Waals surface area (Å²) in [5.41, 5.74) is 2.51. The molecule has 0 radical (unpaired) electrons. The average Bonchev–Trinajstić information content (AvgIpc) is 3.45. The number of aromatic nitrogens is 4. The van der Waals surface area contributed by atoms with Crippen molar-refractivity contribution in [1.82, 2.24) is 23.9 Å². The van der Waals surface area contributed by atoms with Gasteiger partial charge in [-0.2, -0.15) is 0 Å². The first kappa shape index (κ1) is 19.8. The molecule has 31 heavy (non-hydrogen) atoms. The van der Waals surface area contributed by atoms with Crippen LogP contribution in [0.2, 0.25) is 0 Å². The maximum atomic E-state index is 12.8. The number of H-pyrrole nitrogens is 1. The van der Waals surface area contributed by atoms with E-state index >= 15 is 0 Å². The molecule has 5 rings (SSSR count). The zero-order valence-electron chi connectivity index (χ0n) is 16.6. The van der Waals surface area contributed by atoms with E-state index in [-0.39, 0.29) is 22.3 Å². The summed E-state index contributed by atoms with van der Waals surface area (Å²) < 4.78 is 33.5. The Balaban J connectivity index is 1.49. The largest absolute Gasteiger partial charge is 0.422 e. The minimum atomic E-state index is -3.61. The molecule has 0 spiro atoms. The molecule has 0 bridgehead atoms. The summed E-state index contributed by atoms with van der Waals surface area (Å²) in [6, 6.07) is 12.2. The summed E-state index contributed by atoms with van der Waals surface area (Å²) >= 11 is 1.22. The van der Waals surface area contributed by atoms with Crippen LogP contribution in [0, 0.1) is 0 Å². The smallest absolute Gasteiger partial charge is 0.328 e. The Hall–Kier alpha value is -3.15. The summed E-state index contributed by atoms with van der Waals surface area (Å²) in [6.07, 6.45) is 1.71.